The van der Waals surface area contributed by atoms with Crippen LogP contribution in [0.5, 0.6) is 5.75 Å². The van der Waals surface area contributed by atoms with Crippen LogP contribution in [-0.4, -0.2) is 27.3 Å². The largest absolute Gasteiger partial charge is 0.492 e. The Bertz CT molecular complexity index is 932. The van der Waals surface area contributed by atoms with E-state index in [9.17, 15) is 4.79 Å². The summed E-state index contributed by atoms with van der Waals surface area (Å²) in [5.74, 6) is 0.619. The summed E-state index contributed by atoms with van der Waals surface area (Å²) in [5, 5.41) is 8.24. The van der Waals surface area contributed by atoms with E-state index in [1.165, 1.54) is 0 Å². The lowest BCUT2D eigenvalue weighted by atomic mass is 9.96. The van der Waals surface area contributed by atoms with E-state index in [4.69, 9.17) is 4.74 Å². The molecule has 0 unspecified atom stereocenters. The Kier molecular flexibility index (Phi) is 3.45. The van der Waals surface area contributed by atoms with Crippen molar-refractivity contribution in [2.24, 2.45) is 13.0 Å². The van der Waals surface area contributed by atoms with Crippen LogP contribution in [0.4, 0.5) is 5.69 Å². The summed E-state index contributed by atoms with van der Waals surface area (Å²) in [6.45, 7) is 2.33. The second kappa shape index (κ2) is 5.63. The van der Waals surface area contributed by atoms with Crippen LogP contribution in [0, 0.1) is 12.8 Å². The molecule has 0 radical (unpaired) electrons. The van der Waals surface area contributed by atoms with E-state index in [1.807, 2.05) is 44.3 Å². The van der Waals surface area contributed by atoms with Crippen molar-refractivity contribution in [2.45, 2.75) is 13.3 Å². The molecule has 1 aliphatic heterocycles. The number of ether oxygens (including phenoxy) is 1. The van der Waals surface area contributed by atoms with Crippen molar-refractivity contribution in [3.8, 4) is 5.75 Å². The van der Waals surface area contributed by atoms with Gasteiger partial charge in [0, 0.05) is 12.4 Å². The molecule has 24 heavy (non-hydrogen) atoms. The number of fused-ring (bicyclic) bond motifs is 2. The van der Waals surface area contributed by atoms with Gasteiger partial charge < -0.3 is 10.1 Å². The van der Waals surface area contributed by atoms with Crippen LogP contribution < -0.4 is 10.1 Å². The summed E-state index contributed by atoms with van der Waals surface area (Å²) in [5.41, 5.74) is 3.45. The lowest BCUT2D eigenvalue weighted by molar-refractivity contribution is -0.121. The number of rotatable bonds is 2. The van der Waals surface area contributed by atoms with Gasteiger partial charge in [-0.25, -0.2) is 4.98 Å². The average molecular weight is 322 g/mol. The number of carbonyl (C=O) groups excluding carboxylic acids is 1. The van der Waals surface area contributed by atoms with Crippen LogP contribution in [0.25, 0.3) is 11.0 Å². The molecule has 0 saturated carbocycles. The lowest BCUT2D eigenvalue weighted by Crippen LogP contribution is -2.32. The summed E-state index contributed by atoms with van der Waals surface area (Å²) >= 11 is 0. The van der Waals surface area contributed by atoms with Crippen molar-refractivity contribution in [1.82, 2.24) is 14.8 Å². The molecule has 1 atom stereocenters. The summed E-state index contributed by atoms with van der Waals surface area (Å²) in [4.78, 5) is 17.0. The Morgan fingerprint density at radius 3 is 3.08 bits per heavy atom. The zero-order valence-electron chi connectivity index (χ0n) is 13.6. The zero-order chi connectivity index (χ0) is 16.7. The van der Waals surface area contributed by atoms with Gasteiger partial charge in [0.2, 0.25) is 5.91 Å². The number of benzene rings is 1. The topological polar surface area (TPSA) is 69.0 Å². The molecule has 1 N–H and O–H groups in total. The van der Waals surface area contributed by atoms with Crippen molar-refractivity contribution < 1.29 is 9.53 Å². The molecule has 0 fully saturated rings. The second-order valence-electron chi connectivity index (χ2n) is 6.11. The van der Waals surface area contributed by atoms with Gasteiger partial charge in [-0.2, -0.15) is 5.10 Å². The normalized spacial score (nSPS) is 16.5. The molecule has 3 heterocycles. The Morgan fingerprint density at radius 1 is 1.38 bits per heavy atom. The highest BCUT2D eigenvalue weighted by Crippen LogP contribution is 2.27. The van der Waals surface area contributed by atoms with Gasteiger partial charge in [0.15, 0.2) is 5.65 Å². The highest BCUT2D eigenvalue weighted by Gasteiger charge is 2.26. The first-order chi connectivity index (χ1) is 11.6. The van der Waals surface area contributed by atoms with Gasteiger partial charge in [0.05, 0.1) is 23.5 Å². The molecule has 3 aromatic rings. The number of hydrogen-bond acceptors (Lipinski definition) is 4. The van der Waals surface area contributed by atoms with Crippen LogP contribution in [0.2, 0.25) is 0 Å². The maximum Gasteiger partial charge on any atom is 0.231 e. The molecule has 1 amide bonds. The molecule has 2 aromatic heterocycles. The van der Waals surface area contributed by atoms with Gasteiger partial charge in [0.25, 0.3) is 0 Å². The Balaban J connectivity index is 1.53. The molecule has 122 valence electrons. The van der Waals surface area contributed by atoms with Gasteiger partial charge in [-0.05, 0) is 31.0 Å². The zero-order valence-corrected chi connectivity index (χ0v) is 13.6. The number of pyridine rings is 1. The Morgan fingerprint density at radius 2 is 2.21 bits per heavy atom. The molecule has 0 bridgehead atoms. The maximum atomic E-state index is 12.6. The van der Waals surface area contributed by atoms with E-state index in [-0.39, 0.29) is 11.8 Å². The molecule has 0 spiro atoms. The summed E-state index contributed by atoms with van der Waals surface area (Å²) < 4.78 is 7.44. The monoisotopic (exact) mass is 322 g/mol. The van der Waals surface area contributed by atoms with Gasteiger partial charge in [-0.1, -0.05) is 18.2 Å². The number of para-hydroxylation sites is 1. The molecule has 0 saturated heterocycles. The fourth-order valence-electron chi connectivity index (χ4n) is 3.12. The third kappa shape index (κ3) is 2.50. The number of anilines is 1. The van der Waals surface area contributed by atoms with E-state index < -0.39 is 0 Å². The molecule has 1 aromatic carbocycles. The van der Waals surface area contributed by atoms with Crippen molar-refractivity contribution in [3.05, 3.63) is 47.8 Å². The first-order valence-electron chi connectivity index (χ1n) is 7.93. The molecule has 6 nitrogen and oxygen atoms in total. The van der Waals surface area contributed by atoms with Crippen molar-refractivity contribution in [1.29, 1.82) is 0 Å². The molecule has 6 heteroatoms. The van der Waals surface area contributed by atoms with Gasteiger partial charge >= 0.3 is 0 Å². The van der Waals surface area contributed by atoms with Gasteiger partial charge in [-0.3, -0.25) is 9.48 Å². The van der Waals surface area contributed by atoms with Crippen molar-refractivity contribution >= 4 is 22.6 Å². The number of nitrogens with one attached hydrogen (secondary N) is 1. The Labute approximate surface area is 139 Å². The highest BCUT2D eigenvalue weighted by atomic mass is 16.5. The minimum absolute atomic E-state index is 0.0489. The standard InChI is InChI=1S/C18H18N4O2/c1-11-15-8-14(9-19-17(15)22(2)21-11)20-18(23)13-7-12-5-3-4-6-16(12)24-10-13/h3-6,8-9,13H,7,10H2,1-2H3,(H,20,23)/t13-/m1/s1. The first-order valence-corrected chi connectivity index (χ1v) is 7.93. The first kappa shape index (κ1) is 14.7. The SMILES string of the molecule is Cc1nn(C)c2ncc(NC(=O)[C@H]3COc4ccccc4C3)cc12. The minimum atomic E-state index is -0.203. The smallest absolute Gasteiger partial charge is 0.231 e. The molecule has 4 rings (SSSR count). The van der Waals surface area contributed by atoms with Crippen molar-refractivity contribution in [2.75, 3.05) is 11.9 Å². The number of aromatic nitrogens is 3. The molecular formula is C18H18N4O2. The van der Waals surface area contributed by atoms with E-state index in [0.717, 1.165) is 28.0 Å². The van der Waals surface area contributed by atoms with Gasteiger partial charge in [0.1, 0.15) is 12.4 Å². The fraction of sp³-hybridized carbons (Fsp3) is 0.278. The summed E-state index contributed by atoms with van der Waals surface area (Å²) in [6.07, 6.45) is 2.35. The predicted molar refractivity (Wildman–Crippen MR) is 91.0 cm³/mol. The summed E-state index contributed by atoms with van der Waals surface area (Å²) in [7, 11) is 1.86. The highest BCUT2D eigenvalue weighted by molar-refractivity contribution is 5.95. The summed E-state index contributed by atoms with van der Waals surface area (Å²) in [6, 6.07) is 9.76. The third-order valence-corrected chi connectivity index (χ3v) is 4.38. The van der Waals surface area contributed by atoms with Crippen LogP contribution >= 0.6 is 0 Å². The number of nitrogens with zero attached hydrogens (tertiary/aromatic N) is 3. The third-order valence-electron chi connectivity index (χ3n) is 4.38. The number of hydrogen-bond donors (Lipinski definition) is 1. The van der Waals surface area contributed by atoms with E-state index >= 15 is 0 Å². The Hall–Kier alpha value is -2.89. The molecule has 0 aliphatic carbocycles. The average Bonchev–Trinajstić information content (AvgIpc) is 2.88. The van der Waals surface area contributed by atoms with Crippen molar-refractivity contribution in [3.63, 3.8) is 0 Å². The van der Waals surface area contributed by atoms with Gasteiger partial charge in [-0.15, -0.1) is 0 Å². The molecular weight excluding hydrogens is 304 g/mol. The van der Waals surface area contributed by atoms with Crippen LogP contribution in [0.3, 0.4) is 0 Å². The number of amides is 1. The van der Waals surface area contributed by atoms with Crippen LogP contribution in [0.1, 0.15) is 11.3 Å². The van der Waals surface area contributed by atoms with Crippen LogP contribution in [-0.2, 0) is 18.3 Å². The quantitative estimate of drug-likeness (QED) is 0.787. The lowest BCUT2D eigenvalue weighted by Gasteiger charge is -2.24. The predicted octanol–water partition coefficient (Wildman–Crippen LogP) is 2.47. The van der Waals surface area contributed by atoms with E-state index in [0.29, 0.717) is 18.7 Å². The minimum Gasteiger partial charge on any atom is -0.492 e. The maximum absolute atomic E-state index is 12.6. The van der Waals surface area contributed by atoms with Crippen LogP contribution in [0.15, 0.2) is 36.5 Å². The fourth-order valence-corrected chi connectivity index (χ4v) is 3.12. The van der Waals surface area contributed by atoms with E-state index in [1.54, 1.807) is 10.9 Å². The second-order valence-corrected chi connectivity index (χ2v) is 6.11. The van der Waals surface area contributed by atoms with E-state index in [2.05, 4.69) is 15.4 Å². The number of aryl methyl sites for hydroxylation is 2. The number of carbonyl (C=O) groups is 1. The molecule has 1 aliphatic rings.